The molecule has 0 aromatic heterocycles. The van der Waals surface area contributed by atoms with Crippen molar-refractivity contribution in [3.63, 3.8) is 0 Å². The second kappa shape index (κ2) is 12.2. The normalized spacial score (nSPS) is 15.4. The Bertz CT molecular complexity index is 3270. The van der Waals surface area contributed by atoms with E-state index in [1.165, 1.54) is 117 Å². The van der Waals surface area contributed by atoms with E-state index in [0.717, 1.165) is 0 Å². The maximum Gasteiger partial charge on any atom is 0.333 e. The van der Waals surface area contributed by atoms with Crippen molar-refractivity contribution < 1.29 is 0 Å². The van der Waals surface area contributed by atoms with Crippen molar-refractivity contribution in [3.8, 4) is 44.5 Å². The van der Waals surface area contributed by atoms with E-state index < -0.39 is 0 Å². The van der Waals surface area contributed by atoms with Crippen molar-refractivity contribution in [3.05, 3.63) is 210 Å². The van der Waals surface area contributed by atoms with Crippen LogP contribution in [0.1, 0.15) is 49.9 Å². The van der Waals surface area contributed by atoms with E-state index in [4.69, 9.17) is 0 Å². The Balaban J connectivity index is 1.19. The van der Waals surface area contributed by atoms with E-state index in [1.54, 1.807) is 0 Å². The predicted octanol–water partition coefficient (Wildman–Crippen LogP) is 13.8. The fourth-order valence-electron chi connectivity index (χ4n) is 11.7. The van der Waals surface area contributed by atoms with Gasteiger partial charge in [-0.05, 0) is 125 Å². The maximum absolute atomic E-state index is 2.72. The van der Waals surface area contributed by atoms with Crippen LogP contribution in [0.3, 0.4) is 0 Å². The molecule has 0 spiro atoms. The molecular formula is C58H43BN2. The Hall–Kier alpha value is -7.10. The van der Waals surface area contributed by atoms with Gasteiger partial charge in [0.15, 0.2) is 0 Å². The molecular weight excluding hydrogens is 735 g/mol. The Kier molecular flexibility index (Phi) is 6.97. The zero-order valence-electron chi connectivity index (χ0n) is 34.9. The maximum atomic E-state index is 2.72. The summed E-state index contributed by atoms with van der Waals surface area (Å²) in [5.74, 6) is 0. The highest BCUT2D eigenvalue weighted by molar-refractivity contribution is 6.93. The molecule has 3 aliphatic heterocycles. The summed E-state index contributed by atoms with van der Waals surface area (Å²) >= 11 is 0. The lowest BCUT2D eigenvalue weighted by molar-refractivity contribution is 0.631. The lowest BCUT2D eigenvalue weighted by atomic mass is 9.42. The van der Waals surface area contributed by atoms with E-state index in [9.17, 15) is 0 Å². The topological polar surface area (TPSA) is 6.48 Å². The third-order valence-corrected chi connectivity index (χ3v) is 14.5. The molecule has 0 atom stereocenters. The SMILES string of the molecule is CC1(C)c2cc3ccccc3cc2N2c3c(cccc31)B1c3c(cc4c(c32)C(C)(C)c2ccccc2-4)-c2ccccc2N1c1cc(-c2ccccc2)cc(-c2ccccc2)c1. The molecule has 0 bridgehead atoms. The van der Waals surface area contributed by atoms with Crippen LogP contribution >= 0.6 is 0 Å². The molecule has 3 heterocycles. The van der Waals surface area contributed by atoms with Crippen LogP contribution in [0, 0.1) is 0 Å². The van der Waals surface area contributed by atoms with E-state index >= 15 is 0 Å². The predicted molar refractivity (Wildman–Crippen MR) is 258 cm³/mol. The monoisotopic (exact) mass is 778 g/mol. The number of anilines is 5. The zero-order valence-corrected chi connectivity index (χ0v) is 34.9. The number of rotatable bonds is 3. The van der Waals surface area contributed by atoms with Gasteiger partial charge in [-0.2, -0.15) is 0 Å². The van der Waals surface area contributed by atoms with Gasteiger partial charge in [0.2, 0.25) is 0 Å². The highest BCUT2D eigenvalue weighted by atomic mass is 15.2. The fourth-order valence-corrected chi connectivity index (χ4v) is 11.7. The van der Waals surface area contributed by atoms with Gasteiger partial charge in [0.05, 0.1) is 5.69 Å². The van der Waals surface area contributed by atoms with Crippen molar-refractivity contribution >= 4 is 57.0 Å². The minimum Gasteiger partial charge on any atom is -0.376 e. The number of benzene rings is 9. The van der Waals surface area contributed by atoms with Crippen LogP contribution in [0.15, 0.2) is 188 Å². The molecule has 2 nitrogen and oxygen atoms in total. The van der Waals surface area contributed by atoms with Crippen LogP contribution < -0.4 is 20.6 Å². The number of nitrogens with zero attached hydrogens (tertiary/aromatic N) is 2. The Labute approximate surface area is 358 Å². The van der Waals surface area contributed by atoms with Crippen LogP contribution in [0.4, 0.5) is 28.4 Å². The molecule has 0 saturated carbocycles. The molecule has 0 amide bonds. The van der Waals surface area contributed by atoms with E-state index in [0.29, 0.717) is 0 Å². The number of fused-ring (bicyclic) bond motifs is 11. The third kappa shape index (κ3) is 4.64. The molecule has 0 radical (unpaired) electrons. The highest BCUT2D eigenvalue weighted by Crippen LogP contribution is 2.61. The fraction of sp³-hybridized carbons (Fsp3) is 0.103. The summed E-state index contributed by atoms with van der Waals surface area (Å²) < 4.78 is 0. The second-order valence-corrected chi connectivity index (χ2v) is 18.5. The van der Waals surface area contributed by atoms with Crippen LogP contribution in [0.2, 0.25) is 0 Å². The first kappa shape index (κ1) is 34.7. The standard InChI is InChI=1S/C58H43BN2/c1-57(2)48-27-17-28-50-55(48)60(52-34-39-23-12-11-22-38(39)33-49(52)57)56-53-45(43-24-13-15-26-47(43)58(53,3)4)35-46-44-25-14-16-29-51(44)61(59(50)54(46)56)42-31-40(36-18-7-5-8-19-36)30-41(32-42)37-20-9-6-10-21-37/h5-35H,1-4H3. The number of hydrogen-bond donors (Lipinski definition) is 0. The largest absolute Gasteiger partial charge is 0.376 e. The highest BCUT2D eigenvalue weighted by Gasteiger charge is 2.53. The number of para-hydroxylation sites is 2. The van der Waals surface area contributed by atoms with Gasteiger partial charge in [0.25, 0.3) is 0 Å². The third-order valence-electron chi connectivity index (χ3n) is 14.5. The van der Waals surface area contributed by atoms with Gasteiger partial charge < -0.3 is 9.71 Å². The Morgan fingerprint density at radius 1 is 0.393 bits per heavy atom. The van der Waals surface area contributed by atoms with Gasteiger partial charge in [0, 0.05) is 39.1 Å². The lowest BCUT2D eigenvalue weighted by Gasteiger charge is -2.51. The molecule has 1 aliphatic carbocycles. The minimum absolute atomic E-state index is 0.0941. The van der Waals surface area contributed by atoms with Crippen molar-refractivity contribution in [1.29, 1.82) is 0 Å². The summed E-state index contributed by atoms with van der Waals surface area (Å²) in [6.07, 6.45) is 0. The lowest BCUT2D eigenvalue weighted by Crippen LogP contribution is -2.63. The van der Waals surface area contributed by atoms with Gasteiger partial charge in [-0.3, -0.25) is 0 Å². The van der Waals surface area contributed by atoms with E-state index in [-0.39, 0.29) is 17.7 Å². The van der Waals surface area contributed by atoms with Crippen LogP contribution in [-0.2, 0) is 10.8 Å². The summed E-state index contributed by atoms with van der Waals surface area (Å²) in [4.78, 5) is 5.42. The first-order chi connectivity index (χ1) is 29.8. The molecule has 13 rings (SSSR count). The van der Waals surface area contributed by atoms with Gasteiger partial charge in [-0.25, -0.2) is 0 Å². The van der Waals surface area contributed by atoms with Crippen LogP contribution in [-0.4, -0.2) is 6.85 Å². The molecule has 0 saturated heterocycles. The van der Waals surface area contributed by atoms with Gasteiger partial charge in [0.1, 0.15) is 0 Å². The summed E-state index contributed by atoms with van der Waals surface area (Å²) in [7, 11) is 0. The zero-order chi connectivity index (χ0) is 40.8. The van der Waals surface area contributed by atoms with E-state index in [1.807, 2.05) is 0 Å². The van der Waals surface area contributed by atoms with Crippen LogP contribution in [0.5, 0.6) is 0 Å². The summed E-state index contributed by atoms with van der Waals surface area (Å²) in [6, 6.07) is 70.9. The second-order valence-electron chi connectivity index (χ2n) is 18.5. The molecule has 0 N–H and O–H groups in total. The summed E-state index contributed by atoms with van der Waals surface area (Å²) in [5, 5.41) is 2.55. The van der Waals surface area contributed by atoms with Crippen LogP contribution in [0.25, 0.3) is 55.3 Å². The molecule has 3 heteroatoms. The number of hydrogen-bond acceptors (Lipinski definition) is 2. The molecule has 4 aliphatic rings. The van der Waals surface area contributed by atoms with E-state index in [2.05, 4.69) is 225 Å². The molecule has 9 aromatic rings. The summed E-state index contributed by atoms with van der Waals surface area (Å²) in [5.41, 5.74) is 24.3. The Morgan fingerprint density at radius 3 is 1.72 bits per heavy atom. The van der Waals surface area contributed by atoms with Crippen molar-refractivity contribution in [2.24, 2.45) is 0 Å². The van der Waals surface area contributed by atoms with Crippen molar-refractivity contribution in [2.45, 2.75) is 38.5 Å². The first-order valence-electron chi connectivity index (χ1n) is 21.7. The molecule has 0 unspecified atom stereocenters. The van der Waals surface area contributed by atoms with Crippen molar-refractivity contribution in [2.75, 3.05) is 9.71 Å². The molecule has 9 aromatic carbocycles. The smallest absolute Gasteiger partial charge is 0.333 e. The molecule has 288 valence electrons. The molecule has 0 fully saturated rings. The Morgan fingerprint density at radius 2 is 1.00 bits per heavy atom. The summed E-state index contributed by atoms with van der Waals surface area (Å²) in [6.45, 7) is 9.69. The average Bonchev–Trinajstić information content (AvgIpc) is 3.53. The average molecular weight is 779 g/mol. The first-order valence-corrected chi connectivity index (χ1v) is 21.7. The minimum atomic E-state index is -0.247. The van der Waals surface area contributed by atoms with Gasteiger partial charge in [-0.1, -0.05) is 173 Å². The van der Waals surface area contributed by atoms with Crippen molar-refractivity contribution in [1.82, 2.24) is 0 Å². The molecule has 61 heavy (non-hydrogen) atoms. The quantitative estimate of drug-likeness (QED) is 0.165. The van der Waals surface area contributed by atoms with Gasteiger partial charge in [-0.15, -0.1) is 0 Å². The van der Waals surface area contributed by atoms with Gasteiger partial charge >= 0.3 is 6.85 Å².